The van der Waals surface area contributed by atoms with E-state index in [1.165, 1.54) is 33.3 Å². The third-order valence-electron chi connectivity index (χ3n) is 4.34. The molecule has 0 aliphatic carbocycles. The summed E-state index contributed by atoms with van der Waals surface area (Å²) in [5, 5.41) is 10.6. The number of fused-ring (bicyclic) bond motifs is 3. The minimum absolute atomic E-state index is 0. The van der Waals surface area contributed by atoms with Crippen molar-refractivity contribution in [1.82, 2.24) is 9.47 Å². The molecule has 3 rings (SSSR count). The summed E-state index contributed by atoms with van der Waals surface area (Å²) in [6.45, 7) is 7.42. The lowest BCUT2D eigenvalue weighted by Gasteiger charge is -2.27. The molecule has 0 saturated heterocycles. The Hall–Kier alpha value is -1.03. The van der Waals surface area contributed by atoms with E-state index in [4.69, 9.17) is 5.11 Å². The van der Waals surface area contributed by atoms with Gasteiger partial charge in [-0.15, -0.1) is 12.4 Å². The molecular formula is C16H23ClN2O. The topological polar surface area (TPSA) is 28.4 Å². The number of aliphatic hydroxyl groups excluding tert-OH is 1. The highest BCUT2D eigenvalue weighted by atomic mass is 35.5. The molecule has 0 bridgehead atoms. The zero-order valence-corrected chi connectivity index (χ0v) is 13.3. The van der Waals surface area contributed by atoms with Gasteiger partial charge in [-0.2, -0.15) is 0 Å². The van der Waals surface area contributed by atoms with Crippen molar-refractivity contribution in [2.45, 2.75) is 26.8 Å². The van der Waals surface area contributed by atoms with Crippen molar-refractivity contribution in [3.8, 4) is 0 Å². The Kier molecular flexibility index (Phi) is 4.43. The van der Waals surface area contributed by atoms with Crippen molar-refractivity contribution in [3.63, 3.8) is 0 Å². The quantitative estimate of drug-likeness (QED) is 0.922. The maximum Gasteiger partial charge on any atom is 0.0558 e. The molecule has 0 amide bonds. The molecule has 3 nitrogen and oxygen atoms in total. The first-order chi connectivity index (χ1) is 9.11. The van der Waals surface area contributed by atoms with Crippen molar-refractivity contribution in [2.24, 2.45) is 7.05 Å². The van der Waals surface area contributed by atoms with E-state index < -0.39 is 0 Å². The molecule has 0 fully saturated rings. The van der Waals surface area contributed by atoms with Crippen LogP contribution in [0.1, 0.15) is 22.4 Å². The molecule has 0 saturated carbocycles. The van der Waals surface area contributed by atoms with Gasteiger partial charge in [0, 0.05) is 43.3 Å². The fourth-order valence-corrected chi connectivity index (χ4v) is 3.46. The summed E-state index contributed by atoms with van der Waals surface area (Å²) < 4.78 is 2.34. The summed E-state index contributed by atoms with van der Waals surface area (Å²) in [5.74, 6) is 0. The number of β-amino-alcohol motifs (C(OH)–C–C–N with tert-alkyl or cyclic N) is 1. The highest BCUT2D eigenvalue weighted by molar-refractivity contribution is 5.89. The molecule has 1 N–H and O–H groups in total. The van der Waals surface area contributed by atoms with Gasteiger partial charge in [0.1, 0.15) is 0 Å². The minimum atomic E-state index is 0. The Bertz CT molecular complexity index is 633. The molecule has 110 valence electrons. The van der Waals surface area contributed by atoms with E-state index >= 15 is 0 Å². The van der Waals surface area contributed by atoms with Crippen molar-refractivity contribution in [3.05, 3.63) is 34.5 Å². The Morgan fingerprint density at radius 1 is 1.25 bits per heavy atom. The molecule has 1 aromatic heterocycles. The van der Waals surface area contributed by atoms with Crippen LogP contribution < -0.4 is 0 Å². The van der Waals surface area contributed by atoms with E-state index in [0.29, 0.717) is 0 Å². The lowest BCUT2D eigenvalue weighted by molar-refractivity contribution is 0.182. The van der Waals surface area contributed by atoms with Crippen LogP contribution in [0.3, 0.4) is 0 Å². The highest BCUT2D eigenvalue weighted by Crippen LogP contribution is 2.32. The number of hydrogen-bond donors (Lipinski definition) is 1. The lowest BCUT2D eigenvalue weighted by Crippen LogP contribution is -2.33. The standard InChI is InChI=1S/C16H22N2O.ClH/c1-11-8-12(2)16-13-4-5-18(6-7-19)10-15(13)17(3)14(16)9-11;/h8-9,19H,4-7,10H2,1-3H3;1H. The number of aliphatic hydroxyl groups is 1. The second-order valence-electron chi connectivity index (χ2n) is 5.71. The number of aromatic nitrogens is 1. The number of nitrogens with zero attached hydrogens (tertiary/aromatic N) is 2. The molecule has 4 heteroatoms. The van der Waals surface area contributed by atoms with Crippen molar-refractivity contribution >= 4 is 23.3 Å². The average Bonchev–Trinajstić information content (AvgIpc) is 2.64. The second kappa shape index (κ2) is 5.76. The Morgan fingerprint density at radius 2 is 2.00 bits per heavy atom. The molecule has 1 aromatic carbocycles. The predicted octanol–water partition coefficient (Wildman–Crippen LogP) is 2.57. The Balaban J connectivity index is 0.00000147. The third kappa shape index (κ3) is 2.34. The summed E-state index contributed by atoms with van der Waals surface area (Å²) in [4.78, 5) is 2.34. The van der Waals surface area contributed by atoms with Crippen LogP contribution in [0, 0.1) is 13.8 Å². The van der Waals surface area contributed by atoms with E-state index in [9.17, 15) is 0 Å². The second-order valence-corrected chi connectivity index (χ2v) is 5.71. The number of rotatable bonds is 2. The molecule has 1 aliphatic heterocycles. The van der Waals surface area contributed by atoms with Crippen LogP contribution in [-0.2, 0) is 20.0 Å². The summed E-state index contributed by atoms with van der Waals surface area (Å²) in [7, 11) is 2.17. The number of hydrogen-bond acceptors (Lipinski definition) is 2. The zero-order valence-electron chi connectivity index (χ0n) is 12.4. The van der Waals surface area contributed by atoms with E-state index in [-0.39, 0.29) is 19.0 Å². The smallest absolute Gasteiger partial charge is 0.0558 e. The molecule has 0 atom stereocenters. The van der Waals surface area contributed by atoms with Gasteiger partial charge in [-0.25, -0.2) is 0 Å². The van der Waals surface area contributed by atoms with Gasteiger partial charge in [-0.05, 0) is 43.0 Å². The molecule has 0 unspecified atom stereocenters. The Morgan fingerprint density at radius 3 is 2.70 bits per heavy atom. The first-order valence-electron chi connectivity index (χ1n) is 7.02. The number of benzene rings is 1. The average molecular weight is 295 g/mol. The molecule has 0 radical (unpaired) electrons. The van der Waals surface area contributed by atoms with E-state index in [1.54, 1.807) is 0 Å². The number of aryl methyl sites for hydroxylation is 3. The largest absolute Gasteiger partial charge is 0.395 e. The molecular weight excluding hydrogens is 272 g/mol. The SMILES string of the molecule is Cc1cc(C)c2c3c(n(C)c2c1)CN(CCO)CC3.Cl. The van der Waals surface area contributed by atoms with Crippen LogP contribution in [0.2, 0.25) is 0 Å². The van der Waals surface area contributed by atoms with Gasteiger partial charge in [-0.1, -0.05) is 6.07 Å². The summed E-state index contributed by atoms with van der Waals surface area (Å²) in [5.41, 5.74) is 7.01. The summed E-state index contributed by atoms with van der Waals surface area (Å²) >= 11 is 0. The van der Waals surface area contributed by atoms with Crippen molar-refractivity contribution < 1.29 is 5.11 Å². The van der Waals surface area contributed by atoms with E-state index in [2.05, 4.69) is 42.5 Å². The van der Waals surface area contributed by atoms with Gasteiger partial charge in [0.15, 0.2) is 0 Å². The molecule has 0 spiro atoms. The van der Waals surface area contributed by atoms with Gasteiger partial charge in [0.2, 0.25) is 0 Å². The molecule has 20 heavy (non-hydrogen) atoms. The monoisotopic (exact) mass is 294 g/mol. The fraction of sp³-hybridized carbons (Fsp3) is 0.500. The van der Waals surface area contributed by atoms with Crippen LogP contribution in [-0.4, -0.2) is 34.3 Å². The van der Waals surface area contributed by atoms with Gasteiger partial charge < -0.3 is 9.67 Å². The predicted molar refractivity (Wildman–Crippen MR) is 85.7 cm³/mol. The van der Waals surface area contributed by atoms with Gasteiger partial charge in [0.05, 0.1) is 6.61 Å². The lowest BCUT2D eigenvalue weighted by atomic mass is 9.99. The van der Waals surface area contributed by atoms with Crippen molar-refractivity contribution in [2.75, 3.05) is 19.7 Å². The van der Waals surface area contributed by atoms with Crippen LogP contribution in [0.4, 0.5) is 0 Å². The van der Waals surface area contributed by atoms with Crippen LogP contribution in [0.15, 0.2) is 12.1 Å². The highest BCUT2D eigenvalue weighted by Gasteiger charge is 2.23. The Labute approximate surface area is 126 Å². The first kappa shape index (κ1) is 15.4. The van der Waals surface area contributed by atoms with Crippen molar-refractivity contribution in [1.29, 1.82) is 0 Å². The van der Waals surface area contributed by atoms with Gasteiger partial charge in [0.25, 0.3) is 0 Å². The van der Waals surface area contributed by atoms with Gasteiger partial charge in [-0.3, -0.25) is 4.90 Å². The maximum atomic E-state index is 9.11. The van der Waals surface area contributed by atoms with E-state index in [0.717, 1.165) is 26.1 Å². The molecule has 2 aromatic rings. The summed E-state index contributed by atoms with van der Waals surface area (Å²) in [6.07, 6.45) is 1.09. The van der Waals surface area contributed by atoms with Gasteiger partial charge >= 0.3 is 0 Å². The van der Waals surface area contributed by atoms with E-state index in [1.807, 2.05) is 0 Å². The first-order valence-corrected chi connectivity index (χ1v) is 7.02. The normalized spacial score (nSPS) is 15.2. The third-order valence-corrected chi connectivity index (χ3v) is 4.34. The van der Waals surface area contributed by atoms with Crippen LogP contribution in [0.5, 0.6) is 0 Å². The molecule has 2 heterocycles. The number of halogens is 1. The summed E-state index contributed by atoms with van der Waals surface area (Å²) in [6, 6.07) is 4.57. The van der Waals surface area contributed by atoms with Crippen LogP contribution in [0.25, 0.3) is 10.9 Å². The fourth-order valence-electron chi connectivity index (χ4n) is 3.46. The van der Waals surface area contributed by atoms with Crippen LogP contribution >= 0.6 is 12.4 Å². The minimum Gasteiger partial charge on any atom is -0.395 e. The maximum absolute atomic E-state index is 9.11. The molecule has 1 aliphatic rings. The zero-order chi connectivity index (χ0) is 13.6.